The first-order valence-corrected chi connectivity index (χ1v) is 8.43. The van der Waals surface area contributed by atoms with E-state index in [2.05, 4.69) is 17.3 Å². The second kappa shape index (κ2) is 7.13. The summed E-state index contributed by atoms with van der Waals surface area (Å²) in [5, 5.41) is 2.98. The van der Waals surface area contributed by atoms with Gasteiger partial charge in [-0.1, -0.05) is 30.3 Å². The summed E-state index contributed by atoms with van der Waals surface area (Å²) in [6.07, 6.45) is 2.88. The molecule has 0 bridgehead atoms. The highest BCUT2D eigenvalue weighted by Gasteiger charge is 2.34. The van der Waals surface area contributed by atoms with Crippen LogP contribution in [0.3, 0.4) is 0 Å². The van der Waals surface area contributed by atoms with E-state index in [1.54, 1.807) is 4.90 Å². The summed E-state index contributed by atoms with van der Waals surface area (Å²) in [4.78, 5) is 28.4. The number of nitrogens with one attached hydrogen (secondary N) is 1. The molecular weight excluding hydrogens is 290 g/mol. The highest BCUT2D eigenvalue weighted by molar-refractivity contribution is 5.89. The lowest BCUT2D eigenvalue weighted by molar-refractivity contribution is -0.129. The lowest BCUT2D eigenvalue weighted by Gasteiger charge is -2.18. The highest BCUT2D eigenvalue weighted by Crippen LogP contribution is 2.24. The van der Waals surface area contributed by atoms with Crippen LogP contribution in [0.5, 0.6) is 0 Å². The number of amides is 2. The first-order valence-electron chi connectivity index (χ1n) is 8.43. The van der Waals surface area contributed by atoms with Crippen LogP contribution in [0.25, 0.3) is 0 Å². The minimum absolute atomic E-state index is 0.0121. The van der Waals surface area contributed by atoms with Crippen LogP contribution in [-0.2, 0) is 16.1 Å². The van der Waals surface area contributed by atoms with Gasteiger partial charge in [-0.3, -0.25) is 9.59 Å². The molecule has 2 fully saturated rings. The van der Waals surface area contributed by atoms with Crippen LogP contribution in [0.15, 0.2) is 30.3 Å². The molecule has 1 aliphatic heterocycles. The van der Waals surface area contributed by atoms with E-state index in [1.165, 1.54) is 12.8 Å². The zero-order valence-corrected chi connectivity index (χ0v) is 13.7. The van der Waals surface area contributed by atoms with E-state index in [9.17, 15) is 9.59 Å². The van der Waals surface area contributed by atoms with Crippen molar-refractivity contribution >= 4 is 11.8 Å². The predicted molar refractivity (Wildman–Crippen MR) is 88.6 cm³/mol. The molecule has 3 rings (SSSR count). The minimum atomic E-state index is -0.211. The molecule has 1 aromatic rings. The average Bonchev–Trinajstić information content (AvgIpc) is 3.33. The third-order valence-electron chi connectivity index (χ3n) is 4.74. The van der Waals surface area contributed by atoms with Crippen LogP contribution in [0, 0.1) is 5.92 Å². The van der Waals surface area contributed by atoms with E-state index in [-0.39, 0.29) is 17.7 Å². The van der Waals surface area contributed by atoms with E-state index in [0.717, 1.165) is 12.1 Å². The number of nitrogens with zero attached hydrogens (tertiary/aromatic N) is 2. The second-order valence-corrected chi connectivity index (χ2v) is 6.66. The topological polar surface area (TPSA) is 52.7 Å². The fraction of sp³-hybridized carbons (Fsp3) is 0.556. The van der Waals surface area contributed by atoms with Crippen molar-refractivity contribution in [3.05, 3.63) is 35.9 Å². The summed E-state index contributed by atoms with van der Waals surface area (Å²) in [5.41, 5.74) is 1.10. The van der Waals surface area contributed by atoms with E-state index in [4.69, 9.17) is 0 Å². The van der Waals surface area contributed by atoms with E-state index in [1.807, 2.05) is 30.3 Å². The molecule has 5 nitrogen and oxygen atoms in total. The highest BCUT2D eigenvalue weighted by atomic mass is 16.2. The molecule has 5 heteroatoms. The normalized spacial score (nSPS) is 21.0. The van der Waals surface area contributed by atoms with Crippen LogP contribution in [0.4, 0.5) is 0 Å². The Bertz CT molecular complexity index is 557. The summed E-state index contributed by atoms with van der Waals surface area (Å²) >= 11 is 0. The van der Waals surface area contributed by atoms with E-state index in [0.29, 0.717) is 32.1 Å². The zero-order chi connectivity index (χ0) is 16.2. The summed E-state index contributed by atoms with van der Waals surface area (Å²) in [7, 11) is 2.10. The van der Waals surface area contributed by atoms with Crippen LogP contribution in [0.1, 0.15) is 24.8 Å². The molecule has 1 N–H and O–H groups in total. The zero-order valence-electron chi connectivity index (χ0n) is 13.7. The maximum Gasteiger partial charge on any atom is 0.225 e. The van der Waals surface area contributed by atoms with Gasteiger partial charge in [0.2, 0.25) is 11.8 Å². The maximum atomic E-state index is 12.2. The Kier molecular flexibility index (Phi) is 4.96. The fourth-order valence-electron chi connectivity index (χ4n) is 3.10. The average molecular weight is 315 g/mol. The lowest BCUT2D eigenvalue weighted by atomic mass is 10.1. The van der Waals surface area contributed by atoms with Crippen LogP contribution >= 0.6 is 0 Å². The largest absolute Gasteiger partial charge is 0.355 e. The van der Waals surface area contributed by atoms with Crippen molar-refractivity contribution < 1.29 is 9.59 Å². The number of likely N-dealkylation sites (N-methyl/N-ethyl adjacent to an activating group) is 1. The number of hydrogen-bond donors (Lipinski definition) is 1. The molecule has 0 radical (unpaired) electrons. The van der Waals surface area contributed by atoms with E-state index >= 15 is 0 Å². The molecule has 2 amide bonds. The number of hydrogen-bond acceptors (Lipinski definition) is 3. The van der Waals surface area contributed by atoms with Crippen LogP contribution < -0.4 is 5.32 Å². The number of likely N-dealkylation sites (tertiary alicyclic amines) is 1. The van der Waals surface area contributed by atoms with Gasteiger partial charge in [-0.2, -0.15) is 0 Å². The third-order valence-corrected chi connectivity index (χ3v) is 4.74. The van der Waals surface area contributed by atoms with E-state index < -0.39 is 0 Å². The summed E-state index contributed by atoms with van der Waals surface area (Å²) < 4.78 is 0. The molecule has 23 heavy (non-hydrogen) atoms. The second-order valence-electron chi connectivity index (χ2n) is 6.66. The minimum Gasteiger partial charge on any atom is -0.355 e. The molecule has 0 aromatic heterocycles. The quantitative estimate of drug-likeness (QED) is 0.824. The van der Waals surface area contributed by atoms with Gasteiger partial charge in [0.15, 0.2) is 0 Å². The van der Waals surface area contributed by atoms with Crippen molar-refractivity contribution in [2.75, 3.05) is 26.7 Å². The first kappa shape index (κ1) is 16.0. The molecule has 1 heterocycles. The Morgan fingerprint density at radius 3 is 2.74 bits per heavy atom. The number of benzene rings is 1. The Morgan fingerprint density at radius 2 is 2.04 bits per heavy atom. The van der Waals surface area contributed by atoms with Gasteiger partial charge >= 0.3 is 0 Å². The lowest BCUT2D eigenvalue weighted by Crippen LogP contribution is -2.38. The third kappa shape index (κ3) is 4.32. The molecular formula is C18H25N3O2. The van der Waals surface area contributed by atoms with Crippen LogP contribution in [0.2, 0.25) is 0 Å². The van der Waals surface area contributed by atoms with Gasteiger partial charge in [0.1, 0.15) is 0 Å². The van der Waals surface area contributed by atoms with Gasteiger partial charge < -0.3 is 15.1 Å². The van der Waals surface area contributed by atoms with Crippen molar-refractivity contribution in [3.8, 4) is 0 Å². The van der Waals surface area contributed by atoms with Crippen molar-refractivity contribution in [3.63, 3.8) is 0 Å². The summed E-state index contributed by atoms with van der Waals surface area (Å²) in [5.74, 6) is -0.125. The Balaban J connectivity index is 1.43. The number of rotatable bonds is 7. The van der Waals surface area contributed by atoms with Gasteiger partial charge in [0.25, 0.3) is 0 Å². The van der Waals surface area contributed by atoms with Crippen molar-refractivity contribution in [2.24, 2.45) is 5.92 Å². The maximum absolute atomic E-state index is 12.2. The number of carbonyl (C=O) groups excluding carboxylic acids is 2. The molecule has 1 saturated carbocycles. The predicted octanol–water partition coefficient (Wildman–Crippen LogP) is 1.25. The monoisotopic (exact) mass is 315 g/mol. The molecule has 1 saturated heterocycles. The van der Waals surface area contributed by atoms with Crippen molar-refractivity contribution in [1.29, 1.82) is 0 Å². The molecule has 1 aromatic carbocycles. The fourth-order valence-corrected chi connectivity index (χ4v) is 3.10. The first-order chi connectivity index (χ1) is 11.1. The molecule has 1 unspecified atom stereocenters. The van der Waals surface area contributed by atoms with Gasteiger partial charge in [-0.25, -0.2) is 0 Å². The van der Waals surface area contributed by atoms with Crippen LogP contribution in [-0.4, -0.2) is 54.3 Å². The molecule has 124 valence electrons. The molecule has 1 atom stereocenters. The van der Waals surface area contributed by atoms with Gasteiger partial charge in [0, 0.05) is 38.6 Å². The molecule has 1 aliphatic carbocycles. The molecule has 0 spiro atoms. The summed E-state index contributed by atoms with van der Waals surface area (Å²) in [6, 6.07) is 10.6. The Labute approximate surface area is 137 Å². The van der Waals surface area contributed by atoms with Crippen molar-refractivity contribution in [2.45, 2.75) is 31.8 Å². The smallest absolute Gasteiger partial charge is 0.225 e. The van der Waals surface area contributed by atoms with Gasteiger partial charge in [-0.15, -0.1) is 0 Å². The SMILES string of the molecule is CN(CCNC(=O)C1CC(=O)N(Cc2ccccc2)C1)C1CC1. The number of carbonyl (C=O) groups is 2. The van der Waals surface area contributed by atoms with Gasteiger partial charge in [-0.05, 0) is 25.5 Å². The molecule has 2 aliphatic rings. The standard InChI is InChI=1S/C18H25N3O2/c1-20(16-7-8-16)10-9-19-18(23)15-11-17(22)21(13-15)12-14-5-3-2-4-6-14/h2-6,15-16H,7-13H2,1H3,(H,19,23). The van der Waals surface area contributed by atoms with Crippen molar-refractivity contribution in [1.82, 2.24) is 15.1 Å². The Hall–Kier alpha value is -1.88. The summed E-state index contributed by atoms with van der Waals surface area (Å²) in [6.45, 7) is 2.66. The van der Waals surface area contributed by atoms with Gasteiger partial charge in [0.05, 0.1) is 5.92 Å². The Morgan fingerprint density at radius 1 is 1.30 bits per heavy atom.